The molecule has 6 aliphatic carbocycles. The molecule has 6 fully saturated rings. The maximum atomic E-state index is 11.3. The van der Waals surface area contributed by atoms with Gasteiger partial charge in [-0.25, -0.2) is 0 Å². The van der Waals surface area contributed by atoms with Crippen molar-refractivity contribution >= 4 is 0 Å². The molecule has 0 aliphatic heterocycles. The first-order valence-corrected chi connectivity index (χ1v) is 9.26. The maximum absolute atomic E-state index is 11.3. The normalized spacial score (nSPS) is 72.1. The van der Waals surface area contributed by atoms with Crippen LogP contribution in [0.2, 0.25) is 0 Å². The van der Waals surface area contributed by atoms with Crippen molar-refractivity contribution < 1.29 is 10.2 Å². The molecule has 2 N–H and O–H groups in total. The van der Waals surface area contributed by atoms with Gasteiger partial charge in [-0.15, -0.1) is 13.2 Å². The molecule has 0 saturated heterocycles. The molecular formula is C20H26O2. The minimum absolute atomic E-state index is 0.471. The summed E-state index contributed by atoms with van der Waals surface area (Å²) >= 11 is 0. The summed E-state index contributed by atoms with van der Waals surface area (Å²) < 4.78 is 0. The second kappa shape index (κ2) is 3.42. The number of fused-ring (bicyclic) bond motifs is 3. The Balaban J connectivity index is 1.57. The fourth-order valence-corrected chi connectivity index (χ4v) is 9.44. The van der Waals surface area contributed by atoms with E-state index in [9.17, 15) is 10.2 Å². The molecule has 118 valence electrons. The average molecular weight is 298 g/mol. The second-order valence-corrected chi connectivity index (χ2v) is 9.39. The molecule has 12 atom stereocenters. The largest absolute Gasteiger partial charge is 0.385 e. The maximum Gasteiger partial charge on any atom is 0.0861 e. The van der Waals surface area contributed by atoms with Gasteiger partial charge in [0.1, 0.15) is 0 Å². The van der Waals surface area contributed by atoms with Crippen LogP contribution in [-0.2, 0) is 0 Å². The molecule has 0 aromatic rings. The number of aliphatic hydroxyl groups is 2. The topological polar surface area (TPSA) is 40.5 Å². The van der Waals surface area contributed by atoms with Gasteiger partial charge in [-0.3, -0.25) is 0 Å². The molecular weight excluding hydrogens is 272 g/mol. The second-order valence-electron chi connectivity index (χ2n) is 9.39. The Labute approximate surface area is 132 Å². The van der Waals surface area contributed by atoms with Crippen LogP contribution in [0.4, 0.5) is 0 Å². The van der Waals surface area contributed by atoms with Gasteiger partial charge < -0.3 is 10.2 Å². The first-order chi connectivity index (χ1) is 10.5. The van der Waals surface area contributed by atoms with E-state index in [0.717, 1.165) is 36.5 Å². The molecule has 0 bridgehead atoms. The van der Waals surface area contributed by atoms with E-state index in [1.165, 1.54) is 12.8 Å². The summed E-state index contributed by atoms with van der Waals surface area (Å²) in [6, 6.07) is 0. The average Bonchev–Trinajstić information content (AvgIpc) is 3.23. The van der Waals surface area contributed by atoms with E-state index in [1.54, 1.807) is 0 Å². The lowest BCUT2D eigenvalue weighted by Crippen LogP contribution is -2.38. The van der Waals surface area contributed by atoms with Crippen molar-refractivity contribution in [1.29, 1.82) is 0 Å². The third kappa shape index (κ3) is 1.02. The van der Waals surface area contributed by atoms with Gasteiger partial charge in [-0.1, -0.05) is 12.2 Å². The Bertz CT molecular complexity index is 549. The summed E-state index contributed by atoms with van der Waals surface area (Å²) in [6.07, 6.45) is 8.06. The van der Waals surface area contributed by atoms with Crippen molar-refractivity contribution in [2.45, 2.75) is 36.9 Å². The third-order valence-electron chi connectivity index (χ3n) is 9.43. The Kier molecular flexibility index (Phi) is 1.98. The van der Waals surface area contributed by atoms with E-state index in [4.69, 9.17) is 0 Å². The molecule has 0 radical (unpaired) electrons. The molecule has 6 saturated carbocycles. The highest BCUT2D eigenvalue weighted by atomic mass is 16.3. The van der Waals surface area contributed by atoms with Gasteiger partial charge in [0.15, 0.2) is 0 Å². The van der Waals surface area contributed by atoms with E-state index in [1.807, 2.05) is 12.2 Å². The SMILES string of the molecule is C=C[C@@]1(O)C[C@H]2[C@H]3C[C@@](O)(C=C)[C@H]4[C@H]3C3C5[C@@H](CC[C@H]54)[C@@H]1[C@@H]32. The van der Waals surface area contributed by atoms with Crippen LogP contribution in [0, 0.1) is 59.2 Å². The highest BCUT2D eigenvalue weighted by Gasteiger charge is 2.80. The van der Waals surface area contributed by atoms with Crippen LogP contribution in [0.3, 0.4) is 0 Å². The first kappa shape index (κ1) is 12.8. The van der Waals surface area contributed by atoms with Gasteiger partial charge >= 0.3 is 0 Å². The summed E-state index contributed by atoms with van der Waals surface area (Å²) in [5.41, 5.74) is -1.26. The number of hydrogen-bond acceptors (Lipinski definition) is 2. The Hall–Kier alpha value is -0.600. The minimum atomic E-state index is -0.630. The molecule has 6 aliphatic rings. The van der Waals surface area contributed by atoms with E-state index >= 15 is 0 Å². The van der Waals surface area contributed by atoms with Gasteiger partial charge in [0.25, 0.3) is 0 Å². The lowest BCUT2D eigenvalue weighted by atomic mass is 9.76. The molecule has 0 amide bonds. The van der Waals surface area contributed by atoms with Crippen LogP contribution >= 0.6 is 0 Å². The molecule has 0 aromatic carbocycles. The smallest absolute Gasteiger partial charge is 0.0861 e. The van der Waals surface area contributed by atoms with Crippen molar-refractivity contribution in [3.8, 4) is 0 Å². The fraction of sp³-hybridized carbons (Fsp3) is 0.800. The molecule has 6 rings (SSSR count). The third-order valence-corrected chi connectivity index (χ3v) is 9.43. The molecule has 22 heavy (non-hydrogen) atoms. The zero-order valence-corrected chi connectivity index (χ0v) is 13.1. The lowest BCUT2D eigenvalue weighted by Gasteiger charge is -2.33. The van der Waals surface area contributed by atoms with Gasteiger partial charge in [0, 0.05) is 0 Å². The standard InChI is InChI=1S/C20H26O2/c1-3-19(21)7-11-12-8-20(22,4-2)18-10-6-5-9-13(10)16(15(12)18)14(11)17(9)19/h3-4,9-18,21-22H,1-2,5-8H2/t9-,10-,11-,12+,13?,14-,15-,16?,17-,18-,19+,20-/m1/s1. The lowest BCUT2D eigenvalue weighted by molar-refractivity contribution is 0.00621. The van der Waals surface area contributed by atoms with Crippen molar-refractivity contribution in [3.63, 3.8) is 0 Å². The fourth-order valence-electron chi connectivity index (χ4n) is 9.44. The Morgan fingerprint density at radius 3 is 1.55 bits per heavy atom. The summed E-state index contributed by atoms with van der Waals surface area (Å²) in [5.74, 6) is 6.54. The number of rotatable bonds is 2. The van der Waals surface area contributed by atoms with Crippen LogP contribution in [0.5, 0.6) is 0 Å². The van der Waals surface area contributed by atoms with Crippen molar-refractivity contribution in [2.24, 2.45) is 59.2 Å². The van der Waals surface area contributed by atoms with E-state index in [-0.39, 0.29) is 0 Å². The summed E-state index contributed by atoms with van der Waals surface area (Å²) in [4.78, 5) is 0. The first-order valence-electron chi connectivity index (χ1n) is 9.26. The Morgan fingerprint density at radius 1 is 0.682 bits per heavy atom. The molecule has 2 nitrogen and oxygen atoms in total. The van der Waals surface area contributed by atoms with Gasteiger partial charge in [-0.05, 0) is 84.9 Å². The van der Waals surface area contributed by atoms with E-state index < -0.39 is 11.2 Å². The van der Waals surface area contributed by atoms with Gasteiger partial charge in [0.05, 0.1) is 11.2 Å². The zero-order valence-electron chi connectivity index (χ0n) is 13.1. The zero-order chi connectivity index (χ0) is 15.0. The van der Waals surface area contributed by atoms with Crippen LogP contribution in [0.1, 0.15) is 25.7 Å². The predicted molar refractivity (Wildman–Crippen MR) is 83.7 cm³/mol. The van der Waals surface area contributed by atoms with Crippen LogP contribution in [0.25, 0.3) is 0 Å². The quantitative estimate of drug-likeness (QED) is 0.769. The van der Waals surface area contributed by atoms with Crippen molar-refractivity contribution in [3.05, 3.63) is 25.3 Å². The minimum Gasteiger partial charge on any atom is -0.385 e. The summed E-state index contributed by atoms with van der Waals surface area (Å²) in [5, 5.41) is 22.5. The van der Waals surface area contributed by atoms with Crippen molar-refractivity contribution in [1.82, 2.24) is 0 Å². The highest BCUT2D eigenvalue weighted by molar-refractivity contribution is 5.32. The van der Waals surface area contributed by atoms with Crippen LogP contribution in [-0.4, -0.2) is 21.4 Å². The van der Waals surface area contributed by atoms with E-state index in [2.05, 4.69) is 13.2 Å². The molecule has 0 heterocycles. The molecule has 0 aromatic heterocycles. The van der Waals surface area contributed by atoms with E-state index in [0.29, 0.717) is 35.5 Å². The summed E-state index contributed by atoms with van der Waals surface area (Å²) in [6.45, 7) is 7.99. The van der Waals surface area contributed by atoms with Crippen LogP contribution < -0.4 is 0 Å². The summed E-state index contributed by atoms with van der Waals surface area (Å²) in [7, 11) is 0. The van der Waals surface area contributed by atoms with Gasteiger partial charge in [-0.2, -0.15) is 0 Å². The van der Waals surface area contributed by atoms with Crippen molar-refractivity contribution in [2.75, 3.05) is 0 Å². The number of hydrogen-bond donors (Lipinski definition) is 2. The molecule has 2 unspecified atom stereocenters. The molecule has 0 spiro atoms. The Morgan fingerprint density at radius 2 is 1.14 bits per heavy atom. The molecule has 2 heteroatoms. The van der Waals surface area contributed by atoms with Crippen LogP contribution in [0.15, 0.2) is 25.3 Å². The highest BCUT2D eigenvalue weighted by Crippen LogP contribution is 2.82. The van der Waals surface area contributed by atoms with Gasteiger partial charge in [0.2, 0.25) is 0 Å². The monoisotopic (exact) mass is 298 g/mol. The predicted octanol–water partition coefficient (Wildman–Crippen LogP) is 2.62.